The van der Waals surface area contributed by atoms with Crippen molar-refractivity contribution in [2.75, 3.05) is 13.2 Å². The number of rotatable bonds is 7. The summed E-state index contributed by atoms with van der Waals surface area (Å²) in [6, 6.07) is 16.9. The maximum Gasteiger partial charge on any atom is 0.193 e. The van der Waals surface area contributed by atoms with Gasteiger partial charge in [0, 0.05) is 28.9 Å². The fraction of sp³-hybridized carbons (Fsp3) is 0.304. The molecule has 1 N–H and O–H groups in total. The molecule has 1 atom stereocenters. The molecule has 0 saturated carbocycles. The summed E-state index contributed by atoms with van der Waals surface area (Å²) in [7, 11) is 0. The molecule has 146 valence electrons. The summed E-state index contributed by atoms with van der Waals surface area (Å²) in [6.07, 6.45) is 0.916. The molecule has 28 heavy (non-hydrogen) atoms. The van der Waals surface area contributed by atoms with Crippen molar-refractivity contribution in [3.63, 3.8) is 0 Å². The Hall–Kier alpha value is -2.66. The average molecular weight is 395 g/mol. The molecule has 3 rings (SSSR count). The van der Waals surface area contributed by atoms with Crippen LogP contribution in [0, 0.1) is 0 Å². The van der Waals surface area contributed by atoms with E-state index in [-0.39, 0.29) is 11.8 Å². The Bertz CT molecular complexity index is 892. The summed E-state index contributed by atoms with van der Waals surface area (Å²) < 4.78 is 5.97. The zero-order valence-corrected chi connectivity index (χ0v) is 17.4. The Morgan fingerprint density at radius 1 is 1.11 bits per heavy atom. The van der Waals surface area contributed by atoms with Gasteiger partial charge in [-0.2, -0.15) is 0 Å². The Morgan fingerprint density at radius 2 is 1.79 bits per heavy atom. The molecule has 0 radical (unpaired) electrons. The second-order valence-corrected chi connectivity index (χ2v) is 7.09. The fourth-order valence-electron chi connectivity index (χ4n) is 3.50. The Kier molecular flexibility index (Phi) is 6.47. The van der Waals surface area contributed by atoms with E-state index in [0.29, 0.717) is 29.4 Å². The Balaban J connectivity index is 2.12. The second kappa shape index (κ2) is 9.02. The summed E-state index contributed by atoms with van der Waals surface area (Å²) in [6.45, 7) is 7.39. The van der Waals surface area contributed by atoms with Gasteiger partial charge in [0.05, 0.1) is 12.6 Å². The average Bonchev–Trinajstić information content (AvgIpc) is 2.72. The van der Waals surface area contributed by atoms with Crippen molar-refractivity contribution in [1.29, 1.82) is 0 Å². The number of carbonyl (C=O) groups excluding carboxylic acids is 1. The SMILES string of the molecule is CCCOc1ccccc1C1NC(=S)N(CC)C(C)=C1C(=O)c1ccccc1. The lowest BCUT2D eigenvalue weighted by atomic mass is 9.88. The van der Waals surface area contributed by atoms with Crippen molar-refractivity contribution >= 4 is 23.1 Å². The van der Waals surface area contributed by atoms with Gasteiger partial charge >= 0.3 is 0 Å². The number of allylic oxidation sites excluding steroid dienone is 1. The molecule has 1 unspecified atom stereocenters. The first-order valence-electron chi connectivity index (χ1n) is 9.68. The van der Waals surface area contributed by atoms with Crippen molar-refractivity contribution in [3.8, 4) is 5.75 Å². The van der Waals surface area contributed by atoms with Gasteiger partial charge in [-0.1, -0.05) is 55.5 Å². The molecule has 4 nitrogen and oxygen atoms in total. The molecular weight excluding hydrogens is 368 g/mol. The topological polar surface area (TPSA) is 41.6 Å². The van der Waals surface area contributed by atoms with Gasteiger partial charge in [-0.05, 0) is 38.6 Å². The predicted molar refractivity (Wildman–Crippen MR) is 117 cm³/mol. The smallest absolute Gasteiger partial charge is 0.193 e. The molecule has 0 fully saturated rings. The van der Waals surface area contributed by atoms with Crippen LogP contribution in [0.3, 0.4) is 0 Å². The Morgan fingerprint density at radius 3 is 2.46 bits per heavy atom. The molecule has 0 saturated heterocycles. The molecule has 1 aliphatic rings. The number of hydrogen-bond acceptors (Lipinski definition) is 3. The highest BCUT2D eigenvalue weighted by Crippen LogP contribution is 2.36. The van der Waals surface area contributed by atoms with E-state index in [1.807, 2.05) is 73.3 Å². The van der Waals surface area contributed by atoms with Crippen LogP contribution in [0.25, 0.3) is 0 Å². The lowest BCUT2D eigenvalue weighted by Gasteiger charge is -2.38. The van der Waals surface area contributed by atoms with Crippen LogP contribution in [0.2, 0.25) is 0 Å². The van der Waals surface area contributed by atoms with E-state index >= 15 is 0 Å². The molecule has 0 amide bonds. The monoisotopic (exact) mass is 394 g/mol. The molecule has 2 aromatic rings. The predicted octanol–water partition coefficient (Wildman–Crippen LogP) is 4.88. The maximum absolute atomic E-state index is 13.5. The first kappa shape index (κ1) is 20.1. The highest BCUT2D eigenvalue weighted by Gasteiger charge is 2.35. The molecular formula is C23H26N2O2S. The normalized spacial score (nSPS) is 16.8. The largest absolute Gasteiger partial charge is 0.493 e. The number of para-hydroxylation sites is 1. The number of hydrogen-bond donors (Lipinski definition) is 1. The van der Waals surface area contributed by atoms with Crippen LogP contribution < -0.4 is 10.1 Å². The minimum absolute atomic E-state index is 0.00171. The van der Waals surface area contributed by atoms with Gasteiger partial charge in [-0.15, -0.1) is 0 Å². The van der Waals surface area contributed by atoms with Crippen LogP contribution in [0.15, 0.2) is 65.9 Å². The second-order valence-electron chi connectivity index (χ2n) is 6.71. The standard InChI is InChI=1S/C23H26N2O2S/c1-4-15-27-19-14-10-9-13-18(19)21-20(16(3)25(5-2)23(28)24-21)22(26)17-11-7-6-8-12-17/h6-14,21H,4-5,15H2,1-3H3,(H,24,28). The van der Waals surface area contributed by atoms with Gasteiger partial charge in [0.2, 0.25) is 0 Å². The third-order valence-corrected chi connectivity index (χ3v) is 5.22. The van der Waals surface area contributed by atoms with E-state index in [4.69, 9.17) is 17.0 Å². The highest BCUT2D eigenvalue weighted by molar-refractivity contribution is 7.80. The summed E-state index contributed by atoms with van der Waals surface area (Å²) in [5.74, 6) is 0.780. The van der Waals surface area contributed by atoms with Crippen LogP contribution in [0.5, 0.6) is 5.75 Å². The number of ether oxygens (including phenoxy) is 1. The van der Waals surface area contributed by atoms with E-state index < -0.39 is 0 Å². The summed E-state index contributed by atoms with van der Waals surface area (Å²) >= 11 is 5.60. The minimum Gasteiger partial charge on any atom is -0.493 e. The molecule has 1 heterocycles. The van der Waals surface area contributed by atoms with Crippen LogP contribution in [-0.4, -0.2) is 28.9 Å². The van der Waals surface area contributed by atoms with Gasteiger partial charge in [0.15, 0.2) is 10.9 Å². The third kappa shape index (κ3) is 3.94. The number of carbonyl (C=O) groups is 1. The van der Waals surface area contributed by atoms with E-state index in [1.54, 1.807) is 0 Å². The molecule has 0 bridgehead atoms. The number of thiocarbonyl (C=S) groups is 1. The summed E-state index contributed by atoms with van der Waals surface area (Å²) in [4.78, 5) is 15.4. The van der Waals surface area contributed by atoms with E-state index in [2.05, 4.69) is 12.2 Å². The zero-order valence-electron chi connectivity index (χ0n) is 16.6. The Labute approximate surface area is 172 Å². The van der Waals surface area contributed by atoms with Gasteiger partial charge in [0.25, 0.3) is 0 Å². The number of nitrogens with one attached hydrogen (secondary N) is 1. The summed E-state index contributed by atoms with van der Waals surface area (Å²) in [5, 5.41) is 4.01. The molecule has 2 aromatic carbocycles. The highest BCUT2D eigenvalue weighted by atomic mass is 32.1. The van der Waals surface area contributed by atoms with E-state index in [9.17, 15) is 4.79 Å². The van der Waals surface area contributed by atoms with Crippen LogP contribution >= 0.6 is 12.2 Å². The van der Waals surface area contributed by atoms with Gasteiger partial charge < -0.3 is 15.0 Å². The number of Topliss-reactive ketones (excluding diaryl/α,β-unsaturated/α-hetero) is 1. The minimum atomic E-state index is -0.351. The molecule has 5 heteroatoms. The fourth-order valence-corrected chi connectivity index (χ4v) is 3.88. The lowest BCUT2D eigenvalue weighted by molar-refractivity contribution is 0.102. The third-order valence-electron chi connectivity index (χ3n) is 4.88. The van der Waals surface area contributed by atoms with Gasteiger partial charge in [0.1, 0.15) is 5.75 Å². The van der Waals surface area contributed by atoms with Crippen molar-refractivity contribution in [2.45, 2.75) is 33.2 Å². The van der Waals surface area contributed by atoms with Crippen LogP contribution in [-0.2, 0) is 0 Å². The molecule has 0 spiro atoms. The molecule has 0 aliphatic carbocycles. The van der Waals surface area contributed by atoms with Gasteiger partial charge in [-0.3, -0.25) is 4.79 Å². The van der Waals surface area contributed by atoms with Gasteiger partial charge in [-0.25, -0.2) is 0 Å². The maximum atomic E-state index is 13.5. The van der Waals surface area contributed by atoms with Crippen molar-refractivity contribution in [3.05, 3.63) is 77.0 Å². The number of benzene rings is 2. The molecule has 1 aliphatic heterocycles. The molecule has 0 aromatic heterocycles. The number of ketones is 1. The number of nitrogens with zero attached hydrogens (tertiary/aromatic N) is 1. The quantitative estimate of drug-likeness (QED) is 0.535. The zero-order chi connectivity index (χ0) is 20.1. The lowest BCUT2D eigenvalue weighted by Crippen LogP contribution is -2.47. The van der Waals surface area contributed by atoms with Crippen LogP contribution in [0.1, 0.15) is 49.2 Å². The first-order valence-corrected chi connectivity index (χ1v) is 10.1. The summed E-state index contributed by atoms with van der Waals surface area (Å²) in [5.41, 5.74) is 3.18. The first-order chi connectivity index (χ1) is 13.6. The van der Waals surface area contributed by atoms with Crippen molar-refractivity contribution in [1.82, 2.24) is 10.2 Å². The van der Waals surface area contributed by atoms with Crippen molar-refractivity contribution < 1.29 is 9.53 Å². The van der Waals surface area contributed by atoms with Crippen molar-refractivity contribution in [2.24, 2.45) is 0 Å². The van der Waals surface area contributed by atoms with E-state index in [0.717, 1.165) is 23.4 Å². The van der Waals surface area contributed by atoms with E-state index in [1.165, 1.54) is 0 Å². The van der Waals surface area contributed by atoms with Crippen LogP contribution in [0.4, 0.5) is 0 Å².